The number of rotatable bonds is 8. The van der Waals surface area contributed by atoms with Gasteiger partial charge < -0.3 is 20.3 Å². The molecule has 0 aliphatic heterocycles. The summed E-state index contributed by atoms with van der Waals surface area (Å²) >= 11 is 0. The normalized spacial score (nSPS) is 13.1. The summed E-state index contributed by atoms with van der Waals surface area (Å²) in [7, 11) is 0. The minimum atomic E-state index is -1.07. The summed E-state index contributed by atoms with van der Waals surface area (Å²) in [6.07, 6.45) is 0.599. The number of hydrogen-bond acceptors (Lipinski definition) is 5. The Bertz CT molecular complexity index is 671. The number of hydrogen-bond donors (Lipinski definition) is 3. The standard InChI is InChI=1S/C19H24N2O4/c1-13-6-5-7-14(2)19(13)25-11-9-17(23)21-16(12-22)18(24)15-8-3-4-10-20-15/h3-8,10,16,18,22,24H,9,11-12H2,1-2H3,(H,21,23)/t16-,18-/m1/s1. The summed E-state index contributed by atoms with van der Waals surface area (Å²) < 4.78 is 5.70. The first-order valence-corrected chi connectivity index (χ1v) is 8.21. The minimum Gasteiger partial charge on any atom is -0.493 e. The van der Waals surface area contributed by atoms with Crippen molar-refractivity contribution in [1.82, 2.24) is 10.3 Å². The van der Waals surface area contributed by atoms with Crippen LogP contribution in [0.2, 0.25) is 0 Å². The van der Waals surface area contributed by atoms with Crippen molar-refractivity contribution in [3.05, 3.63) is 59.4 Å². The number of aryl methyl sites for hydroxylation is 2. The molecule has 2 atom stereocenters. The van der Waals surface area contributed by atoms with Gasteiger partial charge in [0.25, 0.3) is 0 Å². The van der Waals surface area contributed by atoms with Crippen molar-refractivity contribution < 1.29 is 19.7 Å². The van der Waals surface area contributed by atoms with E-state index in [4.69, 9.17) is 4.74 Å². The molecule has 6 heteroatoms. The number of pyridine rings is 1. The molecule has 1 amide bonds. The van der Waals surface area contributed by atoms with Crippen LogP contribution in [-0.2, 0) is 4.79 Å². The number of aromatic nitrogens is 1. The van der Waals surface area contributed by atoms with Gasteiger partial charge in [-0.3, -0.25) is 9.78 Å². The lowest BCUT2D eigenvalue weighted by atomic mass is 10.1. The summed E-state index contributed by atoms with van der Waals surface area (Å²) in [5, 5.41) is 22.3. The van der Waals surface area contributed by atoms with Gasteiger partial charge in [0, 0.05) is 6.20 Å². The first kappa shape index (κ1) is 18.9. The molecule has 0 aliphatic carbocycles. The SMILES string of the molecule is Cc1cccc(C)c1OCCC(=O)N[C@H](CO)[C@H](O)c1ccccn1. The van der Waals surface area contributed by atoms with Gasteiger partial charge in [-0.25, -0.2) is 0 Å². The maximum Gasteiger partial charge on any atom is 0.223 e. The van der Waals surface area contributed by atoms with Crippen LogP contribution in [0.1, 0.15) is 29.3 Å². The lowest BCUT2D eigenvalue weighted by Crippen LogP contribution is -2.42. The maximum atomic E-state index is 12.1. The zero-order valence-electron chi connectivity index (χ0n) is 14.5. The van der Waals surface area contributed by atoms with E-state index in [-0.39, 0.29) is 25.5 Å². The molecule has 134 valence electrons. The van der Waals surface area contributed by atoms with Gasteiger partial charge in [-0.1, -0.05) is 24.3 Å². The molecule has 2 rings (SSSR count). The van der Waals surface area contributed by atoms with Crippen molar-refractivity contribution >= 4 is 5.91 Å². The molecule has 1 aromatic heterocycles. The van der Waals surface area contributed by atoms with Crippen LogP contribution in [0.3, 0.4) is 0 Å². The summed E-state index contributed by atoms with van der Waals surface area (Å²) in [5.41, 5.74) is 2.42. The zero-order chi connectivity index (χ0) is 18.2. The molecule has 0 unspecified atom stereocenters. The van der Waals surface area contributed by atoms with Gasteiger partial charge in [0.05, 0.1) is 31.4 Å². The summed E-state index contributed by atoms with van der Waals surface area (Å²) in [6, 6.07) is 10.1. The third-order valence-electron chi connectivity index (χ3n) is 3.90. The summed E-state index contributed by atoms with van der Waals surface area (Å²) in [6.45, 7) is 3.73. The number of amides is 1. The van der Waals surface area contributed by atoms with Gasteiger partial charge in [-0.2, -0.15) is 0 Å². The molecular formula is C19H24N2O4. The molecule has 0 spiro atoms. The molecule has 2 aromatic rings. The molecule has 0 fully saturated rings. The average molecular weight is 344 g/mol. The Morgan fingerprint density at radius 3 is 2.52 bits per heavy atom. The second kappa shape index (κ2) is 9.15. The first-order chi connectivity index (χ1) is 12.0. The number of para-hydroxylation sites is 1. The molecule has 25 heavy (non-hydrogen) atoms. The van der Waals surface area contributed by atoms with Gasteiger partial charge in [0.2, 0.25) is 5.91 Å². The Kier molecular flexibility index (Phi) is 6.91. The monoisotopic (exact) mass is 344 g/mol. The number of aliphatic hydroxyl groups is 2. The van der Waals surface area contributed by atoms with Crippen molar-refractivity contribution in [2.24, 2.45) is 0 Å². The van der Waals surface area contributed by atoms with E-state index < -0.39 is 12.1 Å². The van der Waals surface area contributed by atoms with Gasteiger partial charge >= 0.3 is 0 Å². The van der Waals surface area contributed by atoms with Crippen LogP contribution in [0.15, 0.2) is 42.6 Å². The number of aliphatic hydroxyl groups excluding tert-OH is 2. The Morgan fingerprint density at radius 2 is 1.92 bits per heavy atom. The second-order valence-electron chi connectivity index (χ2n) is 5.88. The number of carbonyl (C=O) groups is 1. The lowest BCUT2D eigenvalue weighted by Gasteiger charge is -2.22. The van der Waals surface area contributed by atoms with Crippen LogP contribution in [0.4, 0.5) is 0 Å². The fourth-order valence-electron chi connectivity index (χ4n) is 2.53. The van der Waals surface area contributed by atoms with E-state index in [1.165, 1.54) is 0 Å². The zero-order valence-corrected chi connectivity index (χ0v) is 14.5. The van der Waals surface area contributed by atoms with Crippen LogP contribution in [0.25, 0.3) is 0 Å². The highest BCUT2D eigenvalue weighted by molar-refractivity contribution is 5.76. The molecule has 0 aliphatic rings. The van der Waals surface area contributed by atoms with Gasteiger partial charge in [-0.05, 0) is 37.1 Å². The first-order valence-electron chi connectivity index (χ1n) is 8.21. The minimum absolute atomic E-state index is 0.124. The molecule has 6 nitrogen and oxygen atoms in total. The van der Waals surface area contributed by atoms with Gasteiger partial charge in [-0.15, -0.1) is 0 Å². The third kappa shape index (κ3) is 5.27. The fourth-order valence-corrected chi connectivity index (χ4v) is 2.53. The fraction of sp³-hybridized carbons (Fsp3) is 0.368. The predicted octanol–water partition coefficient (Wildman–Crippen LogP) is 1.68. The molecule has 0 saturated carbocycles. The molecule has 1 aromatic carbocycles. The Hall–Kier alpha value is -2.44. The molecule has 1 heterocycles. The average Bonchev–Trinajstić information content (AvgIpc) is 2.62. The van der Waals surface area contributed by atoms with E-state index in [1.807, 2.05) is 32.0 Å². The van der Waals surface area contributed by atoms with Gasteiger partial charge in [0.1, 0.15) is 11.9 Å². The van der Waals surface area contributed by atoms with Crippen molar-refractivity contribution in [3.8, 4) is 5.75 Å². The van der Waals surface area contributed by atoms with Crippen LogP contribution in [0, 0.1) is 13.8 Å². The van der Waals surface area contributed by atoms with Crippen LogP contribution >= 0.6 is 0 Å². The maximum absolute atomic E-state index is 12.1. The third-order valence-corrected chi connectivity index (χ3v) is 3.90. The topological polar surface area (TPSA) is 91.7 Å². The van der Waals surface area contributed by atoms with Gasteiger partial charge in [0.15, 0.2) is 0 Å². The van der Waals surface area contributed by atoms with E-state index in [9.17, 15) is 15.0 Å². The predicted molar refractivity (Wildman–Crippen MR) is 94.2 cm³/mol. The number of nitrogens with one attached hydrogen (secondary N) is 1. The largest absolute Gasteiger partial charge is 0.493 e. The Morgan fingerprint density at radius 1 is 1.20 bits per heavy atom. The van der Waals surface area contributed by atoms with E-state index in [1.54, 1.807) is 24.4 Å². The van der Waals surface area contributed by atoms with Crippen molar-refractivity contribution in [1.29, 1.82) is 0 Å². The van der Waals surface area contributed by atoms with Crippen LogP contribution in [0.5, 0.6) is 5.75 Å². The Labute approximate surface area is 147 Å². The van der Waals surface area contributed by atoms with E-state index in [0.29, 0.717) is 5.69 Å². The van der Waals surface area contributed by atoms with E-state index >= 15 is 0 Å². The highest BCUT2D eigenvalue weighted by Gasteiger charge is 2.23. The highest BCUT2D eigenvalue weighted by atomic mass is 16.5. The van der Waals surface area contributed by atoms with Crippen molar-refractivity contribution in [2.75, 3.05) is 13.2 Å². The molecule has 3 N–H and O–H groups in total. The number of ether oxygens (including phenoxy) is 1. The molecular weight excluding hydrogens is 320 g/mol. The summed E-state index contributed by atoms with van der Waals surface area (Å²) in [5.74, 6) is 0.475. The highest BCUT2D eigenvalue weighted by Crippen LogP contribution is 2.22. The van der Waals surface area contributed by atoms with Crippen molar-refractivity contribution in [2.45, 2.75) is 32.4 Å². The molecule has 0 radical (unpaired) electrons. The number of nitrogens with zero attached hydrogens (tertiary/aromatic N) is 1. The summed E-state index contributed by atoms with van der Waals surface area (Å²) in [4.78, 5) is 16.1. The van der Waals surface area contributed by atoms with E-state index in [2.05, 4.69) is 10.3 Å². The quantitative estimate of drug-likeness (QED) is 0.678. The molecule has 0 saturated heterocycles. The van der Waals surface area contributed by atoms with E-state index in [0.717, 1.165) is 16.9 Å². The Balaban J connectivity index is 1.86. The van der Waals surface area contributed by atoms with Crippen molar-refractivity contribution in [3.63, 3.8) is 0 Å². The lowest BCUT2D eigenvalue weighted by molar-refractivity contribution is -0.123. The number of benzene rings is 1. The molecule has 0 bridgehead atoms. The van der Waals surface area contributed by atoms with Crippen LogP contribution in [-0.4, -0.2) is 40.4 Å². The second-order valence-corrected chi connectivity index (χ2v) is 5.88. The number of carbonyl (C=O) groups excluding carboxylic acids is 1. The smallest absolute Gasteiger partial charge is 0.223 e. The van der Waals surface area contributed by atoms with Crippen LogP contribution < -0.4 is 10.1 Å².